The van der Waals surface area contributed by atoms with E-state index in [1.165, 1.54) is 30.3 Å². The summed E-state index contributed by atoms with van der Waals surface area (Å²) in [6.07, 6.45) is 0. The Kier molecular flexibility index (Phi) is 5.14. The lowest BCUT2D eigenvalue weighted by Gasteiger charge is -2.08. The number of amides is 1. The number of nitrogens with one attached hydrogen (secondary N) is 1. The van der Waals surface area contributed by atoms with Gasteiger partial charge in [-0.05, 0) is 25.1 Å². The van der Waals surface area contributed by atoms with Crippen LogP contribution in [0, 0.1) is 17.0 Å². The van der Waals surface area contributed by atoms with Crippen molar-refractivity contribution < 1.29 is 22.9 Å². The molecule has 126 valence electrons. The van der Waals surface area contributed by atoms with Crippen molar-refractivity contribution in [3.05, 3.63) is 64.2 Å². The molecule has 0 aromatic heterocycles. The predicted octanol–water partition coefficient (Wildman–Crippen LogP) is 1.79. The van der Waals surface area contributed by atoms with Crippen molar-refractivity contribution in [1.82, 2.24) is 4.72 Å². The van der Waals surface area contributed by atoms with E-state index in [1.54, 1.807) is 12.1 Å². The van der Waals surface area contributed by atoms with E-state index < -0.39 is 27.5 Å². The molecule has 0 atom stereocenters. The van der Waals surface area contributed by atoms with Crippen LogP contribution in [0.3, 0.4) is 0 Å². The van der Waals surface area contributed by atoms with Crippen molar-refractivity contribution in [2.75, 3.05) is 6.61 Å². The molecular weight excluding hydrogens is 336 g/mol. The Labute approximate surface area is 138 Å². The average Bonchev–Trinajstić information content (AvgIpc) is 2.53. The highest BCUT2D eigenvalue weighted by molar-refractivity contribution is 7.90. The lowest BCUT2D eigenvalue weighted by Crippen LogP contribution is -2.34. The van der Waals surface area contributed by atoms with Crippen LogP contribution < -0.4 is 9.46 Å². The monoisotopic (exact) mass is 350 g/mol. The maximum atomic E-state index is 12.0. The molecule has 0 fully saturated rings. The number of nitro groups is 1. The normalized spacial score (nSPS) is 10.9. The number of carbonyl (C=O) groups excluding carboxylic acids is 1. The molecule has 8 nitrogen and oxygen atoms in total. The minimum Gasteiger partial charge on any atom is -0.483 e. The van der Waals surface area contributed by atoms with Gasteiger partial charge in [0.2, 0.25) is 0 Å². The summed E-state index contributed by atoms with van der Waals surface area (Å²) < 4.78 is 31.0. The fourth-order valence-electron chi connectivity index (χ4n) is 1.79. The van der Waals surface area contributed by atoms with Gasteiger partial charge in [-0.2, -0.15) is 0 Å². The zero-order valence-electron chi connectivity index (χ0n) is 12.6. The van der Waals surface area contributed by atoms with Crippen LogP contribution in [0.1, 0.15) is 5.56 Å². The van der Waals surface area contributed by atoms with Gasteiger partial charge in [-0.25, -0.2) is 13.1 Å². The molecule has 0 heterocycles. The first-order chi connectivity index (χ1) is 11.3. The van der Waals surface area contributed by atoms with Crippen molar-refractivity contribution in [1.29, 1.82) is 0 Å². The minimum absolute atomic E-state index is 0.0446. The molecule has 0 saturated carbocycles. The zero-order chi connectivity index (χ0) is 17.7. The summed E-state index contributed by atoms with van der Waals surface area (Å²) in [5.74, 6) is -0.797. The molecule has 2 aromatic carbocycles. The molecule has 9 heteroatoms. The number of rotatable bonds is 6. The predicted molar refractivity (Wildman–Crippen MR) is 85.1 cm³/mol. The molecular formula is C15H14N2O6S. The van der Waals surface area contributed by atoms with Gasteiger partial charge in [0.25, 0.3) is 21.6 Å². The van der Waals surface area contributed by atoms with E-state index in [0.717, 1.165) is 11.6 Å². The van der Waals surface area contributed by atoms with Gasteiger partial charge in [0, 0.05) is 6.07 Å². The van der Waals surface area contributed by atoms with Crippen LogP contribution in [0.5, 0.6) is 5.75 Å². The standard InChI is InChI=1S/C15H14N2O6S/c1-11-5-7-14(8-6-11)24(21,22)16-15(18)10-23-13-4-2-3-12(9-13)17(19)20/h2-9H,10H2,1H3,(H,16,18). The quantitative estimate of drug-likeness (QED) is 0.627. The molecule has 0 saturated heterocycles. The van der Waals surface area contributed by atoms with Crippen LogP contribution in [0.2, 0.25) is 0 Å². The molecule has 0 spiro atoms. The largest absolute Gasteiger partial charge is 0.483 e. The zero-order valence-corrected chi connectivity index (χ0v) is 13.4. The van der Waals surface area contributed by atoms with Gasteiger partial charge in [0.05, 0.1) is 15.9 Å². The second-order valence-corrected chi connectivity index (χ2v) is 6.57. The molecule has 0 unspecified atom stereocenters. The van der Waals surface area contributed by atoms with Gasteiger partial charge >= 0.3 is 0 Å². The Morgan fingerprint density at radius 3 is 2.50 bits per heavy atom. The first-order valence-corrected chi connectivity index (χ1v) is 8.26. The van der Waals surface area contributed by atoms with E-state index in [4.69, 9.17) is 4.74 Å². The molecule has 0 radical (unpaired) electrons. The van der Waals surface area contributed by atoms with Crippen LogP contribution in [-0.2, 0) is 14.8 Å². The summed E-state index contributed by atoms with van der Waals surface area (Å²) in [6, 6.07) is 11.2. The Morgan fingerprint density at radius 1 is 1.21 bits per heavy atom. The van der Waals surface area contributed by atoms with Crippen LogP contribution >= 0.6 is 0 Å². The molecule has 0 bridgehead atoms. The summed E-state index contributed by atoms with van der Waals surface area (Å²) >= 11 is 0. The van der Waals surface area contributed by atoms with E-state index in [2.05, 4.69) is 0 Å². The first-order valence-electron chi connectivity index (χ1n) is 6.77. The average molecular weight is 350 g/mol. The maximum Gasteiger partial charge on any atom is 0.273 e. The highest BCUT2D eigenvalue weighted by atomic mass is 32.2. The summed E-state index contributed by atoms with van der Waals surface area (Å²) in [5, 5.41) is 10.7. The number of ether oxygens (including phenoxy) is 1. The van der Waals surface area contributed by atoms with Crippen LogP contribution in [0.15, 0.2) is 53.4 Å². The van der Waals surface area contributed by atoms with E-state index in [0.29, 0.717) is 0 Å². The fourth-order valence-corrected chi connectivity index (χ4v) is 2.76. The summed E-state index contributed by atoms with van der Waals surface area (Å²) in [6.45, 7) is 1.22. The van der Waals surface area contributed by atoms with Gasteiger partial charge in [0.1, 0.15) is 5.75 Å². The van der Waals surface area contributed by atoms with E-state index in [9.17, 15) is 23.3 Å². The molecule has 0 aliphatic heterocycles. The Hall–Kier alpha value is -2.94. The number of sulfonamides is 1. The molecule has 24 heavy (non-hydrogen) atoms. The number of carbonyl (C=O) groups is 1. The number of hydrogen-bond donors (Lipinski definition) is 1. The SMILES string of the molecule is Cc1ccc(S(=O)(=O)NC(=O)COc2cccc([N+](=O)[O-])c2)cc1. The van der Waals surface area contributed by atoms with Crippen LogP contribution in [0.25, 0.3) is 0 Å². The second-order valence-electron chi connectivity index (χ2n) is 4.88. The van der Waals surface area contributed by atoms with E-state index in [-0.39, 0.29) is 16.3 Å². The van der Waals surface area contributed by atoms with Crippen molar-refractivity contribution in [2.45, 2.75) is 11.8 Å². The molecule has 2 rings (SSSR count). The minimum atomic E-state index is -3.99. The first kappa shape index (κ1) is 17.4. The lowest BCUT2D eigenvalue weighted by atomic mass is 10.2. The summed E-state index contributed by atoms with van der Waals surface area (Å²) in [7, 11) is -3.99. The number of non-ortho nitro benzene ring substituents is 1. The number of nitro benzene ring substituents is 1. The van der Waals surface area contributed by atoms with E-state index >= 15 is 0 Å². The lowest BCUT2D eigenvalue weighted by molar-refractivity contribution is -0.384. The number of benzene rings is 2. The van der Waals surface area contributed by atoms with Crippen LogP contribution in [0.4, 0.5) is 5.69 Å². The highest BCUT2D eigenvalue weighted by Gasteiger charge is 2.18. The third-order valence-corrected chi connectivity index (χ3v) is 4.37. The molecule has 1 N–H and O–H groups in total. The topological polar surface area (TPSA) is 116 Å². The number of hydrogen-bond acceptors (Lipinski definition) is 6. The van der Waals surface area contributed by atoms with Crippen molar-refractivity contribution in [2.24, 2.45) is 0 Å². The Bertz CT molecular complexity index is 862. The van der Waals surface area contributed by atoms with Gasteiger partial charge < -0.3 is 4.74 Å². The third-order valence-electron chi connectivity index (χ3n) is 2.98. The smallest absolute Gasteiger partial charge is 0.273 e. The van der Waals surface area contributed by atoms with Gasteiger partial charge in [-0.1, -0.05) is 23.8 Å². The van der Waals surface area contributed by atoms with Gasteiger partial charge in [0.15, 0.2) is 6.61 Å². The third kappa shape index (κ3) is 4.53. The van der Waals surface area contributed by atoms with E-state index in [1.807, 2.05) is 11.6 Å². The van der Waals surface area contributed by atoms with Gasteiger partial charge in [-0.15, -0.1) is 0 Å². The summed E-state index contributed by atoms with van der Waals surface area (Å²) in [4.78, 5) is 21.7. The highest BCUT2D eigenvalue weighted by Crippen LogP contribution is 2.19. The van der Waals surface area contributed by atoms with Crippen molar-refractivity contribution >= 4 is 21.6 Å². The number of nitrogens with zero attached hydrogens (tertiary/aromatic N) is 1. The fraction of sp³-hybridized carbons (Fsp3) is 0.133. The Morgan fingerprint density at radius 2 is 1.88 bits per heavy atom. The Balaban J connectivity index is 1.99. The van der Waals surface area contributed by atoms with Gasteiger partial charge in [-0.3, -0.25) is 14.9 Å². The van der Waals surface area contributed by atoms with Crippen LogP contribution in [-0.4, -0.2) is 25.9 Å². The van der Waals surface area contributed by atoms with Crippen molar-refractivity contribution in [3.63, 3.8) is 0 Å². The molecule has 0 aliphatic rings. The molecule has 0 aliphatic carbocycles. The number of aryl methyl sites for hydroxylation is 1. The molecule has 1 amide bonds. The second kappa shape index (κ2) is 7.09. The summed E-state index contributed by atoms with van der Waals surface area (Å²) in [5.41, 5.74) is 0.689. The van der Waals surface area contributed by atoms with Crippen molar-refractivity contribution in [3.8, 4) is 5.75 Å². The maximum absolute atomic E-state index is 12.0. The molecule has 2 aromatic rings.